The molecule has 0 aliphatic heterocycles. The first-order chi connectivity index (χ1) is 5.74. The number of halogens is 1. The molecule has 1 heterocycles. The fraction of sp³-hybridized carbons (Fsp3) is 0.714. The van der Waals surface area contributed by atoms with Crippen molar-refractivity contribution in [2.24, 2.45) is 5.73 Å². The summed E-state index contributed by atoms with van der Waals surface area (Å²) in [6.45, 7) is 4.70. The van der Waals surface area contributed by atoms with Crippen LogP contribution in [-0.4, -0.2) is 16.7 Å². The molecule has 0 aliphatic rings. The zero-order chi connectivity index (χ0) is 8.97. The summed E-state index contributed by atoms with van der Waals surface area (Å²) >= 11 is 0. The zero-order valence-electron chi connectivity index (χ0n) is 7.69. The standard InChI is InChI=1S/C7H13N3O2.ClH/c1-3-11-4-6-9-7(5(2)8)10-12-6;/h5H,3-4,8H2,1-2H3;1H. The van der Waals surface area contributed by atoms with Crippen molar-refractivity contribution in [3.05, 3.63) is 11.7 Å². The first-order valence-electron chi connectivity index (χ1n) is 3.89. The van der Waals surface area contributed by atoms with Crippen LogP contribution in [0.4, 0.5) is 0 Å². The predicted molar refractivity (Wildman–Crippen MR) is 49.5 cm³/mol. The molecule has 1 aromatic rings. The van der Waals surface area contributed by atoms with Gasteiger partial charge in [0.25, 0.3) is 5.89 Å². The van der Waals surface area contributed by atoms with Gasteiger partial charge in [0.2, 0.25) is 0 Å². The lowest BCUT2D eigenvalue weighted by Gasteiger charge is -1.94. The average Bonchev–Trinajstić information content (AvgIpc) is 2.48. The Morgan fingerprint density at radius 2 is 2.31 bits per heavy atom. The Morgan fingerprint density at radius 1 is 1.62 bits per heavy atom. The molecular formula is C7H14ClN3O2. The number of nitrogens with two attached hydrogens (primary N) is 1. The highest BCUT2D eigenvalue weighted by molar-refractivity contribution is 5.85. The van der Waals surface area contributed by atoms with Crippen LogP contribution in [0.25, 0.3) is 0 Å². The molecule has 0 aromatic carbocycles. The number of aromatic nitrogens is 2. The summed E-state index contributed by atoms with van der Waals surface area (Å²) in [5.41, 5.74) is 5.53. The Hall–Kier alpha value is -0.650. The molecule has 2 N–H and O–H groups in total. The molecule has 0 aliphatic carbocycles. The largest absolute Gasteiger partial charge is 0.372 e. The molecule has 0 fully saturated rings. The van der Waals surface area contributed by atoms with Gasteiger partial charge in [-0.3, -0.25) is 0 Å². The summed E-state index contributed by atoms with van der Waals surface area (Å²) in [5, 5.41) is 3.68. The van der Waals surface area contributed by atoms with E-state index in [4.69, 9.17) is 15.0 Å². The third kappa shape index (κ3) is 3.71. The van der Waals surface area contributed by atoms with Crippen molar-refractivity contribution in [2.75, 3.05) is 6.61 Å². The second-order valence-electron chi connectivity index (χ2n) is 2.47. The van der Waals surface area contributed by atoms with E-state index in [0.717, 1.165) is 0 Å². The van der Waals surface area contributed by atoms with Gasteiger partial charge in [0.15, 0.2) is 5.82 Å². The third-order valence-electron chi connectivity index (χ3n) is 1.32. The summed E-state index contributed by atoms with van der Waals surface area (Å²) in [4.78, 5) is 4.02. The summed E-state index contributed by atoms with van der Waals surface area (Å²) in [6.07, 6.45) is 0. The van der Waals surface area contributed by atoms with E-state index in [1.54, 1.807) is 6.92 Å². The normalized spacial score (nSPS) is 12.2. The van der Waals surface area contributed by atoms with Crippen molar-refractivity contribution in [1.29, 1.82) is 0 Å². The number of hydrogen-bond donors (Lipinski definition) is 1. The van der Waals surface area contributed by atoms with Crippen LogP contribution < -0.4 is 5.73 Å². The third-order valence-corrected chi connectivity index (χ3v) is 1.32. The molecule has 0 radical (unpaired) electrons. The monoisotopic (exact) mass is 207 g/mol. The second kappa shape index (κ2) is 5.90. The van der Waals surface area contributed by atoms with Crippen LogP contribution >= 0.6 is 12.4 Å². The zero-order valence-corrected chi connectivity index (χ0v) is 8.50. The second-order valence-corrected chi connectivity index (χ2v) is 2.47. The van der Waals surface area contributed by atoms with Gasteiger partial charge in [-0.1, -0.05) is 5.16 Å². The quantitative estimate of drug-likeness (QED) is 0.799. The molecule has 1 unspecified atom stereocenters. The summed E-state index contributed by atoms with van der Waals surface area (Å²) in [7, 11) is 0. The lowest BCUT2D eigenvalue weighted by molar-refractivity contribution is 0.109. The van der Waals surface area contributed by atoms with Crippen molar-refractivity contribution in [3.8, 4) is 0 Å². The van der Waals surface area contributed by atoms with Gasteiger partial charge in [-0.05, 0) is 13.8 Å². The minimum absolute atomic E-state index is 0. The van der Waals surface area contributed by atoms with Crippen molar-refractivity contribution >= 4 is 12.4 Å². The molecule has 1 rings (SSSR count). The van der Waals surface area contributed by atoms with Crippen LogP contribution in [0.15, 0.2) is 4.52 Å². The van der Waals surface area contributed by atoms with E-state index in [2.05, 4.69) is 10.1 Å². The Balaban J connectivity index is 0.00000144. The molecule has 1 aromatic heterocycles. The Bertz CT molecular complexity index is 239. The van der Waals surface area contributed by atoms with Gasteiger partial charge in [-0.15, -0.1) is 12.4 Å². The van der Waals surface area contributed by atoms with E-state index in [9.17, 15) is 0 Å². The molecule has 0 spiro atoms. The van der Waals surface area contributed by atoms with Gasteiger partial charge in [0.05, 0.1) is 6.04 Å². The number of ether oxygens (including phenoxy) is 1. The summed E-state index contributed by atoms with van der Waals surface area (Å²) in [5.74, 6) is 0.994. The topological polar surface area (TPSA) is 74.2 Å². The van der Waals surface area contributed by atoms with E-state index in [0.29, 0.717) is 24.9 Å². The highest BCUT2D eigenvalue weighted by atomic mass is 35.5. The Kier molecular flexibility index (Phi) is 5.61. The maximum Gasteiger partial charge on any atom is 0.252 e. The van der Waals surface area contributed by atoms with Gasteiger partial charge in [-0.2, -0.15) is 4.98 Å². The smallest absolute Gasteiger partial charge is 0.252 e. The fourth-order valence-electron chi connectivity index (χ4n) is 0.701. The van der Waals surface area contributed by atoms with Crippen LogP contribution in [-0.2, 0) is 11.3 Å². The minimum atomic E-state index is -0.191. The molecule has 0 saturated heterocycles. The molecule has 76 valence electrons. The fourth-order valence-corrected chi connectivity index (χ4v) is 0.701. The number of hydrogen-bond acceptors (Lipinski definition) is 5. The van der Waals surface area contributed by atoms with Gasteiger partial charge in [-0.25, -0.2) is 0 Å². The van der Waals surface area contributed by atoms with Gasteiger partial charge in [0, 0.05) is 6.61 Å². The first-order valence-corrected chi connectivity index (χ1v) is 3.89. The van der Waals surface area contributed by atoms with Crippen molar-refractivity contribution in [1.82, 2.24) is 10.1 Å². The van der Waals surface area contributed by atoms with Crippen LogP contribution in [0.5, 0.6) is 0 Å². The Labute approximate surface area is 83.0 Å². The molecule has 0 amide bonds. The maximum absolute atomic E-state index is 5.53. The number of nitrogens with zero attached hydrogens (tertiary/aromatic N) is 2. The van der Waals surface area contributed by atoms with Crippen LogP contribution in [0.1, 0.15) is 31.6 Å². The van der Waals surface area contributed by atoms with Crippen molar-refractivity contribution < 1.29 is 9.26 Å². The van der Waals surface area contributed by atoms with Crippen molar-refractivity contribution in [3.63, 3.8) is 0 Å². The van der Waals surface area contributed by atoms with Crippen LogP contribution in [0, 0.1) is 0 Å². The summed E-state index contributed by atoms with van der Waals surface area (Å²) in [6, 6.07) is -0.191. The number of rotatable bonds is 4. The minimum Gasteiger partial charge on any atom is -0.372 e. The van der Waals surface area contributed by atoms with Crippen LogP contribution in [0.2, 0.25) is 0 Å². The molecule has 0 saturated carbocycles. The molecular weight excluding hydrogens is 194 g/mol. The highest BCUT2D eigenvalue weighted by Gasteiger charge is 2.08. The lowest BCUT2D eigenvalue weighted by Crippen LogP contribution is -2.06. The molecule has 5 nitrogen and oxygen atoms in total. The van der Waals surface area contributed by atoms with Crippen LogP contribution in [0.3, 0.4) is 0 Å². The SMILES string of the molecule is CCOCc1nc(C(C)N)no1.Cl. The van der Waals surface area contributed by atoms with E-state index in [-0.39, 0.29) is 18.4 Å². The van der Waals surface area contributed by atoms with Gasteiger partial charge < -0.3 is 15.0 Å². The van der Waals surface area contributed by atoms with E-state index in [1.165, 1.54) is 0 Å². The molecule has 0 bridgehead atoms. The van der Waals surface area contributed by atoms with E-state index in [1.807, 2.05) is 6.92 Å². The molecule has 1 atom stereocenters. The average molecular weight is 208 g/mol. The molecule has 13 heavy (non-hydrogen) atoms. The van der Waals surface area contributed by atoms with Crippen molar-refractivity contribution in [2.45, 2.75) is 26.5 Å². The lowest BCUT2D eigenvalue weighted by atomic mass is 10.3. The summed E-state index contributed by atoms with van der Waals surface area (Å²) < 4.78 is 9.94. The van der Waals surface area contributed by atoms with Gasteiger partial charge >= 0.3 is 0 Å². The Morgan fingerprint density at radius 3 is 2.77 bits per heavy atom. The van der Waals surface area contributed by atoms with Gasteiger partial charge in [0.1, 0.15) is 6.61 Å². The molecule has 6 heteroatoms. The van der Waals surface area contributed by atoms with E-state index < -0.39 is 0 Å². The van der Waals surface area contributed by atoms with E-state index >= 15 is 0 Å². The predicted octanol–water partition coefficient (Wildman–Crippen LogP) is 1.05. The highest BCUT2D eigenvalue weighted by Crippen LogP contribution is 2.05. The maximum atomic E-state index is 5.53. The first kappa shape index (κ1) is 12.3.